The van der Waals surface area contributed by atoms with Gasteiger partial charge >= 0.3 is 0 Å². The molecule has 5 heteroatoms. The topological polar surface area (TPSA) is 57.7 Å². The molecule has 1 saturated carbocycles. The van der Waals surface area contributed by atoms with Crippen molar-refractivity contribution in [1.82, 2.24) is 4.90 Å². The number of rotatable bonds is 5. The van der Waals surface area contributed by atoms with Gasteiger partial charge in [0.15, 0.2) is 0 Å². The first kappa shape index (κ1) is 20.6. The minimum Gasteiger partial charge on any atom is -0.325 e. The van der Waals surface area contributed by atoms with E-state index >= 15 is 0 Å². The van der Waals surface area contributed by atoms with Crippen molar-refractivity contribution in [2.24, 2.45) is 5.92 Å². The van der Waals surface area contributed by atoms with Gasteiger partial charge in [-0.1, -0.05) is 43.9 Å². The largest absolute Gasteiger partial charge is 0.325 e. The van der Waals surface area contributed by atoms with Crippen molar-refractivity contribution < 1.29 is 14.4 Å². The van der Waals surface area contributed by atoms with Gasteiger partial charge in [-0.2, -0.15) is 0 Å². The highest BCUT2D eigenvalue weighted by atomic mass is 16.2. The van der Waals surface area contributed by atoms with Crippen LogP contribution in [0, 0.1) is 12.8 Å². The number of carbonyl (C=O) groups excluding carboxylic acids is 3. The number of carbonyl (C=O) groups is 3. The third kappa shape index (κ3) is 3.85. The summed E-state index contributed by atoms with van der Waals surface area (Å²) in [5.74, 6) is -0.494. The number of anilines is 1. The second-order valence-corrected chi connectivity index (χ2v) is 8.83. The maximum absolute atomic E-state index is 13.5. The molecule has 0 aromatic heterocycles. The van der Waals surface area contributed by atoms with Gasteiger partial charge in [-0.05, 0) is 52.2 Å². The third-order valence-corrected chi connectivity index (χ3v) is 6.44. The van der Waals surface area contributed by atoms with Crippen molar-refractivity contribution in [2.45, 2.75) is 84.2 Å². The monoisotopic (exact) mass is 384 g/mol. The van der Waals surface area contributed by atoms with Crippen LogP contribution in [0.25, 0.3) is 0 Å². The molecule has 1 atom stereocenters. The molecule has 28 heavy (non-hydrogen) atoms. The fourth-order valence-corrected chi connectivity index (χ4v) is 4.37. The summed E-state index contributed by atoms with van der Waals surface area (Å²) in [6.45, 7) is 7.99. The molecular weight excluding hydrogens is 352 g/mol. The molecule has 152 valence electrons. The molecule has 0 radical (unpaired) electrons. The first-order valence-corrected chi connectivity index (χ1v) is 10.5. The van der Waals surface area contributed by atoms with E-state index in [4.69, 9.17) is 0 Å². The minimum atomic E-state index is -0.710. The summed E-state index contributed by atoms with van der Waals surface area (Å²) in [6.07, 6.45) is 5.84. The van der Waals surface area contributed by atoms with Gasteiger partial charge in [0.1, 0.15) is 6.04 Å². The lowest BCUT2D eigenvalue weighted by molar-refractivity contribution is -0.149. The van der Waals surface area contributed by atoms with Crippen molar-refractivity contribution in [3.8, 4) is 0 Å². The number of hydrogen-bond acceptors (Lipinski definition) is 3. The molecule has 1 saturated heterocycles. The lowest BCUT2D eigenvalue weighted by Gasteiger charge is -2.43. The predicted molar refractivity (Wildman–Crippen MR) is 110 cm³/mol. The molecule has 0 bridgehead atoms. The van der Waals surface area contributed by atoms with E-state index in [0.717, 1.165) is 37.7 Å². The van der Waals surface area contributed by atoms with E-state index in [1.165, 1.54) is 11.3 Å². The SMILES string of the molecule is CCC(C)(C)N(C(=O)C1CCCCC1)C1CC(=O)N(c2ccc(C)cc2)C1=O. The summed E-state index contributed by atoms with van der Waals surface area (Å²) in [5, 5.41) is 0. The summed E-state index contributed by atoms with van der Waals surface area (Å²) in [6, 6.07) is 6.67. The van der Waals surface area contributed by atoms with E-state index in [0.29, 0.717) is 5.69 Å². The van der Waals surface area contributed by atoms with Crippen LogP contribution in [0.3, 0.4) is 0 Å². The van der Waals surface area contributed by atoms with Gasteiger partial charge in [0, 0.05) is 11.5 Å². The standard InChI is InChI=1S/C23H32N2O3/c1-5-23(3,4)25(21(27)17-9-7-6-8-10-17)19-15-20(26)24(22(19)28)18-13-11-16(2)12-14-18/h11-14,17,19H,5-10,15H2,1-4H3. The zero-order chi connectivity index (χ0) is 20.5. The minimum absolute atomic E-state index is 0.0316. The zero-order valence-electron chi connectivity index (χ0n) is 17.5. The van der Waals surface area contributed by atoms with Crippen LogP contribution in [0.15, 0.2) is 24.3 Å². The van der Waals surface area contributed by atoms with Crippen LogP contribution in [0.4, 0.5) is 5.69 Å². The number of imide groups is 1. The van der Waals surface area contributed by atoms with Crippen molar-refractivity contribution in [2.75, 3.05) is 4.90 Å². The fraction of sp³-hybridized carbons (Fsp3) is 0.609. The Morgan fingerprint density at radius 2 is 1.71 bits per heavy atom. The quantitative estimate of drug-likeness (QED) is 0.714. The number of nitrogens with zero attached hydrogens (tertiary/aromatic N) is 2. The summed E-state index contributed by atoms with van der Waals surface area (Å²) in [7, 11) is 0. The molecule has 1 aliphatic carbocycles. The highest BCUT2D eigenvalue weighted by Gasteiger charge is 2.49. The normalized spacial score (nSPS) is 21.3. The third-order valence-electron chi connectivity index (χ3n) is 6.44. The second kappa shape index (κ2) is 8.06. The Kier molecular flexibility index (Phi) is 5.92. The second-order valence-electron chi connectivity index (χ2n) is 8.83. The van der Waals surface area contributed by atoms with Crippen molar-refractivity contribution >= 4 is 23.4 Å². The first-order valence-electron chi connectivity index (χ1n) is 10.5. The van der Waals surface area contributed by atoms with Gasteiger partial charge < -0.3 is 4.90 Å². The van der Waals surface area contributed by atoms with Gasteiger partial charge in [0.25, 0.3) is 5.91 Å². The summed E-state index contributed by atoms with van der Waals surface area (Å²) >= 11 is 0. The van der Waals surface area contributed by atoms with Crippen LogP contribution in [0.5, 0.6) is 0 Å². The van der Waals surface area contributed by atoms with E-state index in [-0.39, 0.29) is 30.1 Å². The van der Waals surface area contributed by atoms with Crippen LogP contribution >= 0.6 is 0 Å². The van der Waals surface area contributed by atoms with E-state index in [1.807, 2.05) is 39.8 Å². The molecule has 2 aliphatic rings. The Labute approximate surface area is 168 Å². The molecule has 3 rings (SSSR count). The van der Waals surface area contributed by atoms with Crippen LogP contribution < -0.4 is 4.90 Å². The van der Waals surface area contributed by atoms with Crippen molar-refractivity contribution in [1.29, 1.82) is 0 Å². The Morgan fingerprint density at radius 3 is 2.29 bits per heavy atom. The number of benzene rings is 1. The molecule has 1 heterocycles. The van der Waals surface area contributed by atoms with Gasteiger partial charge in [-0.15, -0.1) is 0 Å². The Hall–Kier alpha value is -2.17. The molecule has 3 amide bonds. The maximum Gasteiger partial charge on any atom is 0.257 e. The molecule has 1 unspecified atom stereocenters. The zero-order valence-corrected chi connectivity index (χ0v) is 17.5. The average Bonchev–Trinajstić information content (AvgIpc) is 2.97. The summed E-state index contributed by atoms with van der Waals surface area (Å²) < 4.78 is 0. The van der Waals surface area contributed by atoms with Crippen LogP contribution in [-0.4, -0.2) is 34.2 Å². The highest BCUT2D eigenvalue weighted by Crippen LogP contribution is 2.35. The fourth-order valence-electron chi connectivity index (χ4n) is 4.37. The molecule has 0 N–H and O–H groups in total. The van der Waals surface area contributed by atoms with E-state index in [9.17, 15) is 14.4 Å². The van der Waals surface area contributed by atoms with Gasteiger partial charge in [-0.25, -0.2) is 4.90 Å². The number of amides is 3. The Morgan fingerprint density at radius 1 is 1.11 bits per heavy atom. The molecule has 0 spiro atoms. The molecule has 5 nitrogen and oxygen atoms in total. The highest BCUT2D eigenvalue weighted by molar-refractivity contribution is 6.23. The number of aryl methyl sites for hydroxylation is 1. The van der Waals surface area contributed by atoms with Gasteiger partial charge in [0.05, 0.1) is 12.1 Å². The lowest BCUT2D eigenvalue weighted by Crippen LogP contribution is -2.57. The molecule has 1 aromatic carbocycles. The van der Waals surface area contributed by atoms with Crippen molar-refractivity contribution in [3.05, 3.63) is 29.8 Å². The van der Waals surface area contributed by atoms with Crippen molar-refractivity contribution in [3.63, 3.8) is 0 Å². The lowest BCUT2D eigenvalue weighted by atomic mass is 9.85. The van der Waals surface area contributed by atoms with E-state index in [1.54, 1.807) is 17.0 Å². The first-order chi connectivity index (χ1) is 13.3. The molecule has 1 aliphatic heterocycles. The Balaban J connectivity index is 1.91. The van der Waals surface area contributed by atoms with Crippen LogP contribution in [-0.2, 0) is 14.4 Å². The molecule has 1 aromatic rings. The maximum atomic E-state index is 13.5. The van der Waals surface area contributed by atoms with Crippen LogP contribution in [0.1, 0.15) is 71.3 Å². The summed E-state index contributed by atoms with van der Waals surface area (Å²) in [5.41, 5.74) is 1.18. The van der Waals surface area contributed by atoms with Gasteiger partial charge in [-0.3, -0.25) is 14.4 Å². The predicted octanol–water partition coefficient (Wildman–Crippen LogP) is 4.22. The average molecular weight is 385 g/mol. The van der Waals surface area contributed by atoms with E-state index in [2.05, 4.69) is 0 Å². The molecular formula is C23H32N2O3. The van der Waals surface area contributed by atoms with E-state index < -0.39 is 11.6 Å². The summed E-state index contributed by atoms with van der Waals surface area (Å²) in [4.78, 5) is 42.6. The van der Waals surface area contributed by atoms with Gasteiger partial charge in [0.2, 0.25) is 11.8 Å². The van der Waals surface area contributed by atoms with Crippen LogP contribution in [0.2, 0.25) is 0 Å². The number of hydrogen-bond donors (Lipinski definition) is 0. The smallest absolute Gasteiger partial charge is 0.257 e. The Bertz CT molecular complexity index is 748. The molecule has 2 fully saturated rings.